The molecular formula is C24H35N3O3. The van der Waals surface area contributed by atoms with Crippen LogP contribution in [0.5, 0.6) is 0 Å². The third-order valence-corrected chi connectivity index (χ3v) is 6.66. The number of amides is 2. The molecule has 0 radical (unpaired) electrons. The van der Waals surface area contributed by atoms with Crippen LogP contribution in [-0.4, -0.2) is 78.0 Å². The molecule has 3 saturated heterocycles. The van der Waals surface area contributed by atoms with E-state index in [0.717, 1.165) is 69.7 Å². The smallest absolute Gasteiger partial charge is 0.253 e. The van der Waals surface area contributed by atoms with Crippen LogP contribution < -0.4 is 0 Å². The molecule has 0 aromatic heterocycles. The number of likely N-dealkylation sites (tertiary alicyclic amines) is 2. The first-order chi connectivity index (χ1) is 14.5. The Hall–Kier alpha value is -1.92. The number of hydrogen-bond donors (Lipinski definition) is 0. The molecule has 2 unspecified atom stereocenters. The lowest BCUT2D eigenvalue weighted by atomic mass is 9.95. The highest BCUT2D eigenvalue weighted by atomic mass is 16.5. The first-order valence-electron chi connectivity index (χ1n) is 11.5. The minimum absolute atomic E-state index is 0.130. The fraction of sp³-hybridized carbons (Fsp3) is 0.667. The van der Waals surface area contributed by atoms with E-state index in [2.05, 4.69) is 18.7 Å². The second-order valence-corrected chi connectivity index (χ2v) is 9.33. The number of carbonyl (C=O) groups is 2. The zero-order valence-corrected chi connectivity index (χ0v) is 18.4. The Balaban J connectivity index is 1.25. The second-order valence-electron chi connectivity index (χ2n) is 9.33. The molecule has 0 bridgehead atoms. The predicted molar refractivity (Wildman–Crippen MR) is 116 cm³/mol. The number of nitrogens with zero attached hydrogens (tertiary/aromatic N) is 3. The summed E-state index contributed by atoms with van der Waals surface area (Å²) in [5.41, 5.74) is 1.84. The Morgan fingerprint density at radius 3 is 2.30 bits per heavy atom. The number of hydrogen-bond acceptors (Lipinski definition) is 4. The van der Waals surface area contributed by atoms with Gasteiger partial charge < -0.3 is 14.5 Å². The molecule has 3 aliphatic rings. The zero-order valence-electron chi connectivity index (χ0n) is 18.4. The monoisotopic (exact) mass is 413 g/mol. The molecule has 0 spiro atoms. The van der Waals surface area contributed by atoms with Crippen LogP contribution in [0.4, 0.5) is 0 Å². The molecule has 6 heteroatoms. The highest BCUT2D eigenvalue weighted by Gasteiger charge is 2.28. The van der Waals surface area contributed by atoms with Gasteiger partial charge in [0.15, 0.2) is 0 Å². The van der Waals surface area contributed by atoms with E-state index < -0.39 is 0 Å². The summed E-state index contributed by atoms with van der Waals surface area (Å²) in [4.78, 5) is 31.2. The minimum atomic E-state index is 0.130. The summed E-state index contributed by atoms with van der Waals surface area (Å²) in [6.45, 7) is 10.6. The topological polar surface area (TPSA) is 53.1 Å². The van der Waals surface area contributed by atoms with Gasteiger partial charge in [0.2, 0.25) is 5.91 Å². The predicted octanol–water partition coefficient (Wildman–Crippen LogP) is 2.77. The average Bonchev–Trinajstić information content (AvgIpc) is 3.12. The largest absolute Gasteiger partial charge is 0.373 e. The van der Waals surface area contributed by atoms with E-state index in [-0.39, 0.29) is 11.8 Å². The van der Waals surface area contributed by atoms with Crippen LogP contribution in [0, 0.1) is 5.92 Å². The first kappa shape index (κ1) is 21.3. The van der Waals surface area contributed by atoms with Gasteiger partial charge in [0.25, 0.3) is 5.91 Å². The van der Waals surface area contributed by atoms with E-state index in [4.69, 9.17) is 4.74 Å². The Morgan fingerprint density at radius 2 is 1.70 bits per heavy atom. The zero-order chi connectivity index (χ0) is 21.1. The molecule has 0 N–H and O–H groups in total. The molecule has 3 fully saturated rings. The van der Waals surface area contributed by atoms with Crippen LogP contribution in [0.3, 0.4) is 0 Å². The van der Waals surface area contributed by atoms with Crippen molar-refractivity contribution in [2.75, 3.05) is 39.3 Å². The van der Waals surface area contributed by atoms with Crippen LogP contribution in [0.25, 0.3) is 0 Å². The van der Waals surface area contributed by atoms with Crippen LogP contribution in [0.15, 0.2) is 24.3 Å². The van der Waals surface area contributed by atoms with Gasteiger partial charge in [-0.15, -0.1) is 0 Å². The van der Waals surface area contributed by atoms with E-state index >= 15 is 0 Å². The summed E-state index contributed by atoms with van der Waals surface area (Å²) in [7, 11) is 0. The SMILES string of the molecule is CC1CN(CC2CCN(C(=O)c3ccc(CN4CCCC4=O)cc3)CC2)CC(C)O1. The highest BCUT2D eigenvalue weighted by Crippen LogP contribution is 2.22. The minimum Gasteiger partial charge on any atom is -0.373 e. The van der Waals surface area contributed by atoms with Crippen molar-refractivity contribution < 1.29 is 14.3 Å². The molecular weight excluding hydrogens is 378 g/mol. The number of benzene rings is 1. The molecule has 6 nitrogen and oxygen atoms in total. The van der Waals surface area contributed by atoms with Crippen molar-refractivity contribution in [3.8, 4) is 0 Å². The fourth-order valence-electron chi connectivity index (χ4n) is 5.14. The number of morpholine rings is 1. The molecule has 164 valence electrons. The quantitative estimate of drug-likeness (QED) is 0.745. The summed E-state index contributed by atoms with van der Waals surface area (Å²) in [5, 5.41) is 0. The molecule has 0 saturated carbocycles. The lowest BCUT2D eigenvalue weighted by Gasteiger charge is -2.39. The second kappa shape index (κ2) is 9.48. The van der Waals surface area contributed by atoms with Crippen LogP contribution in [0.1, 0.15) is 55.5 Å². The normalized spacial score (nSPS) is 26.4. The Bertz CT molecular complexity index is 733. The molecule has 4 rings (SSSR count). The van der Waals surface area contributed by atoms with E-state index in [9.17, 15) is 9.59 Å². The maximum atomic E-state index is 12.9. The Kier molecular flexibility index (Phi) is 6.74. The van der Waals surface area contributed by atoms with Gasteiger partial charge in [0.1, 0.15) is 0 Å². The van der Waals surface area contributed by atoms with Gasteiger partial charge in [-0.2, -0.15) is 0 Å². The maximum absolute atomic E-state index is 12.9. The van der Waals surface area contributed by atoms with Gasteiger partial charge in [-0.05, 0) is 56.7 Å². The van der Waals surface area contributed by atoms with E-state index in [1.54, 1.807) is 0 Å². The number of piperidine rings is 1. The van der Waals surface area contributed by atoms with Crippen molar-refractivity contribution >= 4 is 11.8 Å². The van der Waals surface area contributed by atoms with Gasteiger partial charge in [-0.25, -0.2) is 0 Å². The maximum Gasteiger partial charge on any atom is 0.253 e. The lowest BCUT2D eigenvalue weighted by Crippen LogP contribution is -2.48. The van der Waals surface area contributed by atoms with Crippen molar-refractivity contribution in [1.82, 2.24) is 14.7 Å². The van der Waals surface area contributed by atoms with Crippen molar-refractivity contribution in [2.45, 2.75) is 58.3 Å². The summed E-state index contributed by atoms with van der Waals surface area (Å²) in [6, 6.07) is 7.82. The molecule has 1 aromatic carbocycles. The van der Waals surface area contributed by atoms with Crippen LogP contribution in [-0.2, 0) is 16.1 Å². The van der Waals surface area contributed by atoms with Crippen LogP contribution in [0.2, 0.25) is 0 Å². The van der Waals surface area contributed by atoms with E-state index in [0.29, 0.717) is 31.1 Å². The Morgan fingerprint density at radius 1 is 1.03 bits per heavy atom. The van der Waals surface area contributed by atoms with Crippen molar-refractivity contribution in [3.63, 3.8) is 0 Å². The average molecular weight is 414 g/mol. The van der Waals surface area contributed by atoms with Crippen molar-refractivity contribution in [2.24, 2.45) is 5.92 Å². The first-order valence-corrected chi connectivity index (χ1v) is 11.5. The summed E-state index contributed by atoms with van der Waals surface area (Å²) < 4.78 is 5.84. The lowest BCUT2D eigenvalue weighted by molar-refractivity contribution is -0.128. The molecule has 3 aliphatic heterocycles. The summed E-state index contributed by atoms with van der Waals surface area (Å²) >= 11 is 0. The summed E-state index contributed by atoms with van der Waals surface area (Å²) in [5.74, 6) is 1.02. The standard InChI is InChI=1S/C24H35N3O3/c1-18-14-25(15-19(2)30-18)16-21-9-12-26(13-10-21)24(29)22-7-5-20(6-8-22)17-27-11-3-4-23(27)28/h5-8,18-19,21H,3-4,9-17H2,1-2H3. The number of rotatable bonds is 5. The van der Waals surface area contributed by atoms with Gasteiger partial charge in [0.05, 0.1) is 12.2 Å². The third-order valence-electron chi connectivity index (χ3n) is 6.66. The molecule has 2 atom stereocenters. The van der Waals surface area contributed by atoms with Crippen molar-refractivity contribution in [1.29, 1.82) is 0 Å². The third kappa shape index (κ3) is 5.22. The molecule has 3 heterocycles. The number of carbonyl (C=O) groups excluding carboxylic acids is 2. The molecule has 2 amide bonds. The fourth-order valence-corrected chi connectivity index (χ4v) is 5.14. The highest BCUT2D eigenvalue weighted by molar-refractivity contribution is 5.94. The Labute approximate surface area is 180 Å². The van der Waals surface area contributed by atoms with Crippen molar-refractivity contribution in [3.05, 3.63) is 35.4 Å². The van der Waals surface area contributed by atoms with E-state index in [1.807, 2.05) is 34.1 Å². The number of ether oxygens (including phenoxy) is 1. The van der Waals surface area contributed by atoms with Gasteiger partial charge in [0, 0.05) is 57.8 Å². The molecule has 0 aliphatic carbocycles. The summed E-state index contributed by atoms with van der Waals surface area (Å²) in [6.07, 6.45) is 4.37. The molecule has 30 heavy (non-hydrogen) atoms. The van der Waals surface area contributed by atoms with E-state index in [1.165, 1.54) is 0 Å². The van der Waals surface area contributed by atoms with Crippen LogP contribution >= 0.6 is 0 Å². The van der Waals surface area contributed by atoms with Gasteiger partial charge in [-0.1, -0.05) is 12.1 Å². The molecule has 1 aromatic rings. The van der Waals surface area contributed by atoms with Gasteiger partial charge in [-0.3, -0.25) is 14.5 Å². The van der Waals surface area contributed by atoms with Gasteiger partial charge >= 0.3 is 0 Å².